The van der Waals surface area contributed by atoms with Crippen molar-refractivity contribution in [3.63, 3.8) is 0 Å². The highest BCUT2D eigenvalue weighted by atomic mass is 35.5. The lowest BCUT2D eigenvalue weighted by Gasteiger charge is -1.99. The molecule has 0 unspecified atom stereocenters. The first kappa shape index (κ1) is 14.9. The maximum absolute atomic E-state index is 6.28. The predicted molar refractivity (Wildman–Crippen MR) is 99.3 cm³/mol. The first-order valence-corrected chi connectivity index (χ1v) is 8.93. The van der Waals surface area contributed by atoms with Gasteiger partial charge in [0.2, 0.25) is 10.8 Å². The van der Waals surface area contributed by atoms with E-state index in [1.165, 1.54) is 11.3 Å². The SMILES string of the molecule is Clc1ccc(Cl)c(-c2nn3c(-c4cc5ccccc5o4)nnc3s2)c1. The summed E-state index contributed by atoms with van der Waals surface area (Å²) >= 11 is 13.7. The minimum Gasteiger partial charge on any atom is -0.453 e. The highest BCUT2D eigenvalue weighted by Gasteiger charge is 2.18. The summed E-state index contributed by atoms with van der Waals surface area (Å²) < 4.78 is 7.53. The molecular formula is C17H8Cl2N4OS. The average molecular weight is 387 g/mol. The Morgan fingerprint density at radius 3 is 2.76 bits per heavy atom. The maximum atomic E-state index is 6.28. The fraction of sp³-hybridized carbons (Fsp3) is 0. The molecule has 2 aromatic carbocycles. The van der Waals surface area contributed by atoms with Crippen LogP contribution in [0, 0.1) is 0 Å². The number of halogens is 2. The highest BCUT2D eigenvalue weighted by molar-refractivity contribution is 7.19. The number of benzene rings is 2. The van der Waals surface area contributed by atoms with Crippen molar-refractivity contribution in [2.75, 3.05) is 0 Å². The molecule has 25 heavy (non-hydrogen) atoms. The van der Waals surface area contributed by atoms with Crippen LogP contribution in [0.25, 0.3) is 38.1 Å². The Kier molecular flexibility index (Phi) is 3.31. The average Bonchev–Trinajstić information content (AvgIpc) is 3.29. The van der Waals surface area contributed by atoms with Crippen LogP contribution in [0.15, 0.2) is 52.9 Å². The Morgan fingerprint density at radius 2 is 1.88 bits per heavy atom. The summed E-state index contributed by atoms with van der Waals surface area (Å²) in [6, 6.07) is 15.0. The summed E-state index contributed by atoms with van der Waals surface area (Å²) in [6.07, 6.45) is 0. The summed E-state index contributed by atoms with van der Waals surface area (Å²) in [4.78, 5) is 0.654. The molecule has 0 bridgehead atoms. The van der Waals surface area contributed by atoms with Gasteiger partial charge in [0, 0.05) is 16.0 Å². The van der Waals surface area contributed by atoms with E-state index < -0.39 is 0 Å². The van der Waals surface area contributed by atoms with E-state index in [9.17, 15) is 0 Å². The lowest BCUT2D eigenvalue weighted by atomic mass is 10.2. The van der Waals surface area contributed by atoms with Gasteiger partial charge in [0.15, 0.2) is 5.76 Å². The van der Waals surface area contributed by atoms with E-state index in [1.54, 1.807) is 22.7 Å². The van der Waals surface area contributed by atoms with Gasteiger partial charge in [0.1, 0.15) is 10.6 Å². The molecule has 0 radical (unpaired) electrons. The van der Waals surface area contributed by atoms with Gasteiger partial charge in [-0.05, 0) is 30.3 Å². The monoisotopic (exact) mass is 386 g/mol. The lowest BCUT2D eigenvalue weighted by Crippen LogP contribution is -1.90. The molecule has 5 nitrogen and oxygen atoms in total. The Bertz CT molecular complexity index is 1210. The molecule has 3 aromatic heterocycles. The van der Waals surface area contributed by atoms with Crippen molar-refractivity contribution in [2.24, 2.45) is 0 Å². The van der Waals surface area contributed by atoms with Crippen molar-refractivity contribution < 1.29 is 4.42 Å². The van der Waals surface area contributed by atoms with E-state index >= 15 is 0 Å². The molecule has 5 rings (SSSR count). The fourth-order valence-corrected chi connectivity index (χ4v) is 3.94. The van der Waals surface area contributed by atoms with Gasteiger partial charge in [-0.3, -0.25) is 0 Å². The molecule has 0 fully saturated rings. The number of fused-ring (bicyclic) bond motifs is 2. The van der Waals surface area contributed by atoms with Gasteiger partial charge < -0.3 is 4.42 Å². The van der Waals surface area contributed by atoms with Crippen LogP contribution in [0.3, 0.4) is 0 Å². The van der Waals surface area contributed by atoms with Gasteiger partial charge in [-0.1, -0.05) is 52.7 Å². The van der Waals surface area contributed by atoms with Gasteiger partial charge in [0.25, 0.3) is 0 Å². The van der Waals surface area contributed by atoms with E-state index in [4.69, 9.17) is 27.6 Å². The van der Waals surface area contributed by atoms with Gasteiger partial charge in [-0.15, -0.1) is 10.2 Å². The maximum Gasteiger partial charge on any atom is 0.235 e. The van der Waals surface area contributed by atoms with Crippen molar-refractivity contribution in [3.05, 3.63) is 58.6 Å². The Morgan fingerprint density at radius 1 is 1.00 bits per heavy atom. The molecular weight excluding hydrogens is 379 g/mol. The summed E-state index contributed by atoms with van der Waals surface area (Å²) in [7, 11) is 0. The first-order valence-electron chi connectivity index (χ1n) is 7.36. The van der Waals surface area contributed by atoms with Crippen LogP contribution in [-0.4, -0.2) is 19.8 Å². The minimum atomic E-state index is 0.548. The van der Waals surface area contributed by atoms with Crippen molar-refractivity contribution in [1.82, 2.24) is 19.8 Å². The molecule has 3 heterocycles. The van der Waals surface area contributed by atoms with Gasteiger partial charge >= 0.3 is 0 Å². The van der Waals surface area contributed by atoms with Crippen molar-refractivity contribution >= 4 is 50.5 Å². The topological polar surface area (TPSA) is 56.2 Å². The molecule has 0 saturated carbocycles. The second-order valence-electron chi connectivity index (χ2n) is 5.40. The number of hydrogen-bond acceptors (Lipinski definition) is 5. The largest absolute Gasteiger partial charge is 0.453 e. The number of furan rings is 1. The van der Waals surface area contributed by atoms with Crippen molar-refractivity contribution in [2.45, 2.75) is 0 Å². The molecule has 0 aliphatic rings. The summed E-state index contributed by atoms with van der Waals surface area (Å²) in [6.45, 7) is 0. The third-order valence-electron chi connectivity index (χ3n) is 3.80. The van der Waals surface area contributed by atoms with E-state index in [0.717, 1.165) is 21.5 Å². The third kappa shape index (κ3) is 2.41. The zero-order valence-electron chi connectivity index (χ0n) is 12.5. The highest BCUT2D eigenvalue weighted by Crippen LogP contribution is 2.35. The van der Waals surface area contributed by atoms with Crippen LogP contribution < -0.4 is 0 Å². The molecule has 0 aliphatic carbocycles. The summed E-state index contributed by atoms with van der Waals surface area (Å²) in [5.74, 6) is 1.16. The van der Waals surface area contributed by atoms with Crippen LogP contribution in [0.4, 0.5) is 0 Å². The molecule has 0 N–H and O–H groups in total. The molecule has 0 aliphatic heterocycles. The number of aromatic nitrogens is 4. The molecule has 0 saturated heterocycles. The second kappa shape index (κ2) is 5.56. The van der Waals surface area contributed by atoms with E-state index in [1.807, 2.05) is 30.3 Å². The van der Waals surface area contributed by atoms with Crippen molar-refractivity contribution in [3.8, 4) is 22.2 Å². The standard InChI is InChI=1S/C17H8Cl2N4OS/c18-10-5-6-12(19)11(8-10)16-22-23-15(20-21-17(23)25-16)14-7-9-3-1-2-4-13(9)24-14/h1-8H. The van der Waals surface area contributed by atoms with Crippen LogP contribution in [-0.2, 0) is 0 Å². The first-order chi connectivity index (χ1) is 12.2. The molecule has 5 aromatic rings. The lowest BCUT2D eigenvalue weighted by molar-refractivity contribution is 0.622. The quantitative estimate of drug-likeness (QED) is 0.397. The smallest absolute Gasteiger partial charge is 0.235 e. The second-order valence-corrected chi connectivity index (χ2v) is 7.20. The van der Waals surface area contributed by atoms with Gasteiger partial charge in [0.05, 0.1) is 5.02 Å². The number of rotatable bonds is 2. The van der Waals surface area contributed by atoms with Crippen molar-refractivity contribution in [1.29, 1.82) is 0 Å². The zero-order chi connectivity index (χ0) is 17.0. The van der Waals surface area contributed by atoms with Gasteiger partial charge in [-0.25, -0.2) is 0 Å². The van der Waals surface area contributed by atoms with Crippen LogP contribution in [0.1, 0.15) is 0 Å². The number of hydrogen-bond donors (Lipinski definition) is 0. The molecule has 0 amide bonds. The molecule has 122 valence electrons. The Hall–Kier alpha value is -2.41. The molecule has 0 atom stereocenters. The van der Waals surface area contributed by atoms with Gasteiger partial charge in [-0.2, -0.15) is 9.61 Å². The van der Waals surface area contributed by atoms with E-state index in [2.05, 4.69) is 15.3 Å². The molecule has 8 heteroatoms. The normalized spacial score (nSPS) is 11.6. The van der Waals surface area contributed by atoms with Crippen LogP contribution in [0.2, 0.25) is 10.0 Å². The molecule has 0 spiro atoms. The third-order valence-corrected chi connectivity index (χ3v) is 5.29. The Labute approximate surface area is 155 Å². The summed E-state index contributed by atoms with van der Waals surface area (Å²) in [5.41, 5.74) is 1.56. The van der Waals surface area contributed by atoms with Crippen LogP contribution >= 0.6 is 34.5 Å². The van der Waals surface area contributed by atoms with Crippen LogP contribution in [0.5, 0.6) is 0 Å². The summed E-state index contributed by atoms with van der Waals surface area (Å²) in [5, 5.41) is 15.9. The number of para-hydroxylation sites is 1. The minimum absolute atomic E-state index is 0.548. The zero-order valence-corrected chi connectivity index (χ0v) is 14.8. The number of nitrogens with zero attached hydrogens (tertiary/aromatic N) is 4. The fourth-order valence-electron chi connectivity index (χ4n) is 2.63. The van der Waals surface area contributed by atoms with E-state index in [0.29, 0.717) is 26.6 Å². The Balaban J connectivity index is 1.68. The predicted octanol–water partition coefficient (Wildman–Crippen LogP) is 5.57. The van der Waals surface area contributed by atoms with E-state index in [-0.39, 0.29) is 0 Å².